The SMILES string of the molecule is CC1(c2noc(CCCCN)n2)CCCO1. The molecule has 1 fully saturated rings. The van der Waals surface area contributed by atoms with Gasteiger partial charge < -0.3 is 15.0 Å². The maximum atomic E-state index is 5.66. The number of hydrogen-bond acceptors (Lipinski definition) is 5. The molecule has 1 aromatic rings. The van der Waals surface area contributed by atoms with Crippen LogP contribution < -0.4 is 5.73 Å². The van der Waals surface area contributed by atoms with Crippen molar-refractivity contribution in [1.82, 2.24) is 10.1 Å². The second-order valence-electron chi connectivity index (χ2n) is 4.44. The first-order valence-electron chi connectivity index (χ1n) is 5.92. The van der Waals surface area contributed by atoms with Crippen LogP contribution in [0.5, 0.6) is 0 Å². The monoisotopic (exact) mass is 225 g/mol. The molecule has 1 saturated heterocycles. The Morgan fingerprint density at radius 2 is 2.31 bits per heavy atom. The highest BCUT2D eigenvalue weighted by Crippen LogP contribution is 2.33. The average Bonchev–Trinajstić information content (AvgIpc) is 2.88. The lowest BCUT2D eigenvalue weighted by Gasteiger charge is -2.17. The maximum Gasteiger partial charge on any atom is 0.226 e. The number of aromatic nitrogens is 2. The highest BCUT2D eigenvalue weighted by Gasteiger charge is 2.36. The van der Waals surface area contributed by atoms with Gasteiger partial charge in [0.15, 0.2) is 0 Å². The van der Waals surface area contributed by atoms with Crippen LogP contribution in [-0.4, -0.2) is 23.3 Å². The van der Waals surface area contributed by atoms with Crippen molar-refractivity contribution in [3.05, 3.63) is 11.7 Å². The van der Waals surface area contributed by atoms with Crippen LogP contribution in [0.25, 0.3) is 0 Å². The molecular formula is C11H19N3O2. The summed E-state index contributed by atoms with van der Waals surface area (Å²) in [4.78, 5) is 4.39. The fourth-order valence-electron chi connectivity index (χ4n) is 1.95. The molecule has 1 aromatic heterocycles. The normalized spacial score (nSPS) is 25.1. The molecule has 2 rings (SSSR count). The Morgan fingerprint density at radius 3 is 3.00 bits per heavy atom. The Morgan fingerprint density at radius 1 is 1.44 bits per heavy atom. The van der Waals surface area contributed by atoms with Crippen LogP contribution in [0.2, 0.25) is 0 Å². The van der Waals surface area contributed by atoms with E-state index in [-0.39, 0.29) is 5.60 Å². The molecule has 1 atom stereocenters. The van der Waals surface area contributed by atoms with Gasteiger partial charge in [-0.05, 0) is 39.2 Å². The van der Waals surface area contributed by atoms with E-state index in [9.17, 15) is 0 Å². The zero-order valence-electron chi connectivity index (χ0n) is 9.74. The standard InChI is InChI=1S/C11H19N3O2/c1-11(6-4-8-15-11)10-13-9(16-14-10)5-2-3-7-12/h2-8,12H2,1H3. The molecule has 5 heteroatoms. The summed E-state index contributed by atoms with van der Waals surface area (Å²) in [5, 5.41) is 4.01. The number of unbranched alkanes of at least 4 members (excludes halogenated alkanes) is 1. The first-order valence-corrected chi connectivity index (χ1v) is 5.92. The van der Waals surface area contributed by atoms with Crippen molar-refractivity contribution in [3.63, 3.8) is 0 Å². The van der Waals surface area contributed by atoms with E-state index in [0.717, 1.165) is 38.7 Å². The Bertz CT molecular complexity index is 332. The van der Waals surface area contributed by atoms with Crippen LogP contribution in [0.4, 0.5) is 0 Å². The largest absolute Gasteiger partial charge is 0.367 e. The summed E-state index contributed by atoms with van der Waals surface area (Å²) in [7, 11) is 0. The summed E-state index contributed by atoms with van der Waals surface area (Å²) in [6.45, 7) is 3.52. The number of aryl methyl sites for hydroxylation is 1. The number of ether oxygens (including phenoxy) is 1. The molecule has 2 N–H and O–H groups in total. The molecule has 1 unspecified atom stereocenters. The molecule has 5 nitrogen and oxygen atoms in total. The average molecular weight is 225 g/mol. The minimum absolute atomic E-state index is 0.338. The van der Waals surface area contributed by atoms with E-state index in [0.29, 0.717) is 18.3 Å². The highest BCUT2D eigenvalue weighted by molar-refractivity contribution is 5.01. The van der Waals surface area contributed by atoms with E-state index in [1.807, 2.05) is 6.92 Å². The van der Waals surface area contributed by atoms with Crippen molar-refractivity contribution in [2.45, 2.75) is 44.6 Å². The minimum Gasteiger partial charge on any atom is -0.367 e. The molecule has 0 saturated carbocycles. The zero-order chi connectivity index (χ0) is 11.4. The summed E-state index contributed by atoms with van der Waals surface area (Å²) < 4.78 is 10.9. The van der Waals surface area contributed by atoms with Crippen LogP contribution in [0.1, 0.15) is 44.3 Å². The molecule has 16 heavy (non-hydrogen) atoms. The third kappa shape index (κ3) is 2.41. The van der Waals surface area contributed by atoms with Gasteiger partial charge in [0.05, 0.1) is 0 Å². The van der Waals surface area contributed by atoms with Crippen LogP contribution in [-0.2, 0) is 16.8 Å². The first-order chi connectivity index (χ1) is 7.74. The predicted molar refractivity (Wildman–Crippen MR) is 58.8 cm³/mol. The summed E-state index contributed by atoms with van der Waals surface area (Å²) in [5.41, 5.74) is 5.09. The number of nitrogens with zero attached hydrogens (tertiary/aromatic N) is 2. The highest BCUT2D eigenvalue weighted by atomic mass is 16.5. The summed E-state index contributed by atoms with van der Waals surface area (Å²) in [5.74, 6) is 1.38. The summed E-state index contributed by atoms with van der Waals surface area (Å²) in [6, 6.07) is 0. The number of nitrogens with two attached hydrogens (primary N) is 1. The second-order valence-corrected chi connectivity index (χ2v) is 4.44. The van der Waals surface area contributed by atoms with Gasteiger partial charge in [0.1, 0.15) is 5.60 Å². The van der Waals surface area contributed by atoms with Gasteiger partial charge in [0.2, 0.25) is 11.7 Å². The minimum atomic E-state index is -0.338. The van der Waals surface area contributed by atoms with Gasteiger partial charge in [-0.1, -0.05) is 5.16 Å². The molecule has 0 radical (unpaired) electrons. The first kappa shape index (κ1) is 11.5. The Balaban J connectivity index is 1.96. The van der Waals surface area contributed by atoms with Gasteiger partial charge in [0, 0.05) is 13.0 Å². The lowest BCUT2D eigenvalue weighted by Crippen LogP contribution is -2.21. The van der Waals surface area contributed by atoms with Crippen molar-refractivity contribution >= 4 is 0 Å². The Hall–Kier alpha value is -0.940. The van der Waals surface area contributed by atoms with Crippen LogP contribution in [0, 0.1) is 0 Å². The van der Waals surface area contributed by atoms with E-state index >= 15 is 0 Å². The zero-order valence-corrected chi connectivity index (χ0v) is 9.74. The Kier molecular flexibility index (Phi) is 3.56. The fraction of sp³-hybridized carbons (Fsp3) is 0.818. The quantitative estimate of drug-likeness (QED) is 0.766. The topological polar surface area (TPSA) is 74.2 Å². The third-order valence-corrected chi connectivity index (χ3v) is 3.00. The molecule has 90 valence electrons. The van der Waals surface area contributed by atoms with Crippen LogP contribution in [0.3, 0.4) is 0 Å². The van der Waals surface area contributed by atoms with Gasteiger partial charge in [-0.2, -0.15) is 4.98 Å². The van der Waals surface area contributed by atoms with E-state index < -0.39 is 0 Å². The fourth-order valence-corrected chi connectivity index (χ4v) is 1.95. The molecule has 0 spiro atoms. The van der Waals surface area contributed by atoms with E-state index in [1.54, 1.807) is 0 Å². The van der Waals surface area contributed by atoms with Crippen LogP contribution in [0.15, 0.2) is 4.52 Å². The van der Waals surface area contributed by atoms with E-state index in [4.69, 9.17) is 15.0 Å². The van der Waals surface area contributed by atoms with Crippen LogP contribution >= 0.6 is 0 Å². The molecule has 2 heterocycles. The summed E-state index contributed by atoms with van der Waals surface area (Å²) >= 11 is 0. The van der Waals surface area contributed by atoms with Crippen molar-refractivity contribution < 1.29 is 9.26 Å². The lowest BCUT2D eigenvalue weighted by molar-refractivity contribution is 0.00768. The lowest BCUT2D eigenvalue weighted by atomic mass is 10.0. The van der Waals surface area contributed by atoms with Crippen molar-refractivity contribution in [2.24, 2.45) is 5.73 Å². The molecule has 0 aliphatic carbocycles. The smallest absolute Gasteiger partial charge is 0.226 e. The summed E-state index contributed by atoms with van der Waals surface area (Å²) in [6.07, 6.45) is 4.82. The Labute approximate surface area is 95.3 Å². The van der Waals surface area contributed by atoms with Gasteiger partial charge in [-0.15, -0.1) is 0 Å². The second kappa shape index (κ2) is 4.93. The number of hydrogen-bond donors (Lipinski definition) is 1. The number of rotatable bonds is 5. The van der Waals surface area contributed by atoms with Gasteiger partial charge in [-0.3, -0.25) is 0 Å². The molecule has 0 aromatic carbocycles. The molecular weight excluding hydrogens is 206 g/mol. The van der Waals surface area contributed by atoms with Gasteiger partial charge >= 0.3 is 0 Å². The van der Waals surface area contributed by atoms with Crippen molar-refractivity contribution in [3.8, 4) is 0 Å². The molecule has 0 amide bonds. The van der Waals surface area contributed by atoms with E-state index in [2.05, 4.69) is 10.1 Å². The third-order valence-electron chi connectivity index (χ3n) is 3.00. The van der Waals surface area contributed by atoms with Crippen molar-refractivity contribution in [1.29, 1.82) is 0 Å². The molecule has 1 aliphatic rings. The van der Waals surface area contributed by atoms with Gasteiger partial charge in [0.25, 0.3) is 0 Å². The van der Waals surface area contributed by atoms with E-state index in [1.165, 1.54) is 0 Å². The van der Waals surface area contributed by atoms with Gasteiger partial charge in [-0.25, -0.2) is 0 Å². The molecule has 0 bridgehead atoms. The predicted octanol–water partition coefficient (Wildman–Crippen LogP) is 1.38. The maximum absolute atomic E-state index is 5.66. The van der Waals surface area contributed by atoms with Crippen molar-refractivity contribution in [2.75, 3.05) is 13.2 Å². The molecule has 1 aliphatic heterocycles.